The summed E-state index contributed by atoms with van der Waals surface area (Å²) in [5.74, 6) is 0.414. The van der Waals surface area contributed by atoms with Crippen LogP contribution < -0.4 is 5.32 Å². The van der Waals surface area contributed by atoms with Crippen molar-refractivity contribution in [3.63, 3.8) is 0 Å². The Labute approximate surface area is 217 Å². The number of amides is 1. The summed E-state index contributed by atoms with van der Waals surface area (Å²) in [6, 6.07) is 19.3. The SMILES string of the molecule is CN1CC[C@H]2c3c(ccc(C(=O)NCCc4ccc(-c5ccc(O)cc5)cc4)c3O)C[C@@H]1[C@@H]2C=CCO. The second-order valence-electron chi connectivity index (χ2n) is 10.1. The number of hydrogen-bond acceptors (Lipinski definition) is 5. The molecule has 0 unspecified atom stereocenters. The van der Waals surface area contributed by atoms with E-state index in [1.165, 1.54) is 0 Å². The lowest BCUT2D eigenvalue weighted by Gasteiger charge is -2.47. The summed E-state index contributed by atoms with van der Waals surface area (Å²) in [6.45, 7) is 1.41. The Morgan fingerprint density at radius 2 is 1.73 bits per heavy atom. The minimum atomic E-state index is -0.265. The Bertz CT molecular complexity index is 1280. The van der Waals surface area contributed by atoms with Crippen molar-refractivity contribution in [2.45, 2.75) is 31.2 Å². The van der Waals surface area contributed by atoms with Gasteiger partial charge in [0.2, 0.25) is 0 Å². The first-order valence-electron chi connectivity index (χ1n) is 13.0. The quantitative estimate of drug-likeness (QED) is 0.366. The van der Waals surface area contributed by atoms with Gasteiger partial charge in [-0.05, 0) is 85.1 Å². The fraction of sp³-hybridized carbons (Fsp3) is 0.323. The molecule has 1 heterocycles. The van der Waals surface area contributed by atoms with E-state index < -0.39 is 0 Å². The highest BCUT2D eigenvalue weighted by Crippen LogP contribution is 2.48. The first kappa shape index (κ1) is 25.1. The number of aromatic hydroxyl groups is 2. The maximum atomic E-state index is 13.0. The van der Waals surface area contributed by atoms with Gasteiger partial charge in [-0.3, -0.25) is 4.79 Å². The molecule has 6 nitrogen and oxygen atoms in total. The van der Waals surface area contributed by atoms with Crippen LogP contribution in [0, 0.1) is 5.92 Å². The second-order valence-corrected chi connectivity index (χ2v) is 10.1. The van der Waals surface area contributed by atoms with Crippen LogP contribution in [0.5, 0.6) is 11.5 Å². The normalized spacial score (nSPS) is 21.1. The molecule has 1 saturated heterocycles. The van der Waals surface area contributed by atoms with Crippen molar-refractivity contribution >= 4 is 5.91 Å². The maximum absolute atomic E-state index is 13.0. The van der Waals surface area contributed by atoms with Gasteiger partial charge in [-0.2, -0.15) is 0 Å². The molecular weight excluding hydrogens is 464 g/mol. The zero-order valence-electron chi connectivity index (χ0n) is 21.1. The average Bonchev–Trinajstić information content (AvgIpc) is 2.90. The van der Waals surface area contributed by atoms with E-state index in [9.17, 15) is 20.1 Å². The molecule has 1 aliphatic heterocycles. The van der Waals surface area contributed by atoms with Gasteiger partial charge in [0.15, 0.2) is 0 Å². The van der Waals surface area contributed by atoms with Crippen LogP contribution in [0.15, 0.2) is 72.8 Å². The number of hydrogen-bond donors (Lipinski definition) is 4. The van der Waals surface area contributed by atoms with Gasteiger partial charge in [-0.1, -0.05) is 54.6 Å². The number of phenolic OH excluding ortho intramolecular Hbond substituents is 2. The van der Waals surface area contributed by atoms with Crippen molar-refractivity contribution in [1.82, 2.24) is 10.2 Å². The number of likely N-dealkylation sites (N-methyl/N-ethyl adjacent to an activating group) is 1. The van der Waals surface area contributed by atoms with Crippen molar-refractivity contribution < 1.29 is 20.1 Å². The number of phenols is 2. The standard InChI is InChI=1S/C31H34N2O4/c1-33-17-15-26-25(3-2-18-34)28(33)19-23-10-13-27(30(36)29(23)26)31(37)32-16-14-20-4-6-21(7-5-20)22-8-11-24(35)12-9-22/h2-13,25-26,28,34-36H,14-19H2,1H3,(H,32,37)/t25-,26-,28-/m1/s1. The van der Waals surface area contributed by atoms with Gasteiger partial charge in [0.05, 0.1) is 12.2 Å². The van der Waals surface area contributed by atoms with Crippen LogP contribution in [-0.2, 0) is 12.8 Å². The van der Waals surface area contributed by atoms with Crippen LogP contribution >= 0.6 is 0 Å². The minimum absolute atomic E-state index is 0.000472. The zero-order valence-corrected chi connectivity index (χ0v) is 21.1. The lowest BCUT2D eigenvalue weighted by molar-refractivity contribution is 0.0948. The van der Waals surface area contributed by atoms with E-state index in [2.05, 4.69) is 23.3 Å². The third-order valence-corrected chi connectivity index (χ3v) is 7.94. The van der Waals surface area contributed by atoms with Gasteiger partial charge in [-0.15, -0.1) is 0 Å². The first-order chi connectivity index (χ1) is 18.0. The summed E-state index contributed by atoms with van der Waals surface area (Å²) in [5, 5.41) is 33.0. The Hall–Kier alpha value is -3.61. The van der Waals surface area contributed by atoms with Crippen LogP contribution in [0.25, 0.3) is 11.1 Å². The highest BCUT2D eigenvalue weighted by molar-refractivity contribution is 5.97. The summed E-state index contributed by atoms with van der Waals surface area (Å²) >= 11 is 0. The Balaban J connectivity index is 1.26. The van der Waals surface area contributed by atoms with E-state index in [0.29, 0.717) is 24.6 Å². The van der Waals surface area contributed by atoms with E-state index in [0.717, 1.165) is 47.2 Å². The number of nitrogens with one attached hydrogen (secondary N) is 1. The predicted octanol–water partition coefficient (Wildman–Crippen LogP) is 4.25. The number of nitrogens with zero attached hydrogens (tertiary/aromatic N) is 1. The minimum Gasteiger partial charge on any atom is -0.508 e. The Morgan fingerprint density at radius 1 is 1.03 bits per heavy atom. The predicted molar refractivity (Wildman–Crippen MR) is 145 cm³/mol. The van der Waals surface area contributed by atoms with E-state index >= 15 is 0 Å². The number of fused-ring (bicyclic) bond motifs is 4. The molecule has 4 N–H and O–H groups in total. The number of rotatable bonds is 7. The fourth-order valence-corrected chi connectivity index (χ4v) is 5.96. The molecule has 1 fully saturated rings. The van der Waals surface area contributed by atoms with Crippen LogP contribution in [0.4, 0.5) is 0 Å². The molecule has 3 aromatic carbocycles. The molecule has 6 heteroatoms. The van der Waals surface area contributed by atoms with Gasteiger partial charge in [0, 0.05) is 18.2 Å². The van der Waals surface area contributed by atoms with Gasteiger partial charge < -0.3 is 25.5 Å². The van der Waals surface area contributed by atoms with Crippen molar-refractivity contribution in [2.24, 2.45) is 5.92 Å². The number of piperidine rings is 1. The van der Waals surface area contributed by atoms with E-state index in [-0.39, 0.29) is 35.8 Å². The van der Waals surface area contributed by atoms with Crippen LogP contribution in [0.3, 0.4) is 0 Å². The molecule has 2 aliphatic rings. The third kappa shape index (κ3) is 5.13. The smallest absolute Gasteiger partial charge is 0.255 e. The van der Waals surface area contributed by atoms with Crippen LogP contribution in [0.2, 0.25) is 0 Å². The van der Waals surface area contributed by atoms with Crippen molar-refractivity contribution in [3.8, 4) is 22.6 Å². The first-order valence-corrected chi connectivity index (χ1v) is 13.0. The Kier molecular flexibility index (Phi) is 7.31. The van der Waals surface area contributed by atoms with Gasteiger partial charge >= 0.3 is 0 Å². The maximum Gasteiger partial charge on any atom is 0.255 e. The number of benzene rings is 3. The van der Waals surface area contributed by atoms with Gasteiger partial charge in [0.25, 0.3) is 5.91 Å². The van der Waals surface area contributed by atoms with Crippen molar-refractivity contribution in [3.05, 3.63) is 95.1 Å². The molecule has 37 heavy (non-hydrogen) atoms. The molecule has 3 atom stereocenters. The molecule has 2 bridgehead atoms. The average molecular weight is 499 g/mol. The topological polar surface area (TPSA) is 93.0 Å². The molecule has 0 spiro atoms. The lowest BCUT2D eigenvalue weighted by Crippen LogP contribution is -2.49. The highest BCUT2D eigenvalue weighted by atomic mass is 16.3. The van der Waals surface area contributed by atoms with E-state index in [1.807, 2.05) is 42.5 Å². The third-order valence-electron chi connectivity index (χ3n) is 7.94. The van der Waals surface area contributed by atoms with Gasteiger partial charge in [0.1, 0.15) is 11.5 Å². The summed E-state index contributed by atoms with van der Waals surface area (Å²) in [4.78, 5) is 15.4. The monoisotopic (exact) mass is 498 g/mol. The molecule has 0 radical (unpaired) electrons. The largest absolute Gasteiger partial charge is 0.508 e. The summed E-state index contributed by atoms with van der Waals surface area (Å²) in [6.07, 6.45) is 6.27. The molecular formula is C31H34N2O4. The highest BCUT2D eigenvalue weighted by Gasteiger charge is 2.42. The number of likely N-dealkylation sites (tertiary alicyclic amines) is 1. The summed E-state index contributed by atoms with van der Waals surface area (Å²) in [7, 11) is 2.13. The number of carbonyl (C=O) groups excluding carboxylic acids is 1. The van der Waals surface area contributed by atoms with E-state index in [1.54, 1.807) is 24.3 Å². The zero-order chi connectivity index (χ0) is 25.9. The van der Waals surface area contributed by atoms with Gasteiger partial charge in [-0.25, -0.2) is 0 Å². The van der Waals surface area contributed by atoms with Crippen LogP contribution in [-0.4, -0.2) is 58.9 Å². The molecule has 1 aliphatic carbocycles. The van der Waals surface area contributed by atoms with Crippen molar-refractivity contribution in [1.29, 1.82) is 0 Å². The number of carbonyl (C=O) groups is 1. The van der Waals surface area contributed by atoms with E-state index in [4.69, 9.17) is 0 Å². The number of aliphatic hydroxyl groups excluding tert-OH is 1. The lowest BCUT2D eigenvalue weighted by atomic mass is 9.67. The molecule has 5 rings (SSSR count). The Morgan fingerprint density at radius 3 is 2.43 bits per heavy atom. The number of aliphatic hydroxyl groups is 1. The van der Waals surface area contributed by atoms with Crippen molar-refractivity contribution in [2.75, 3.05) is 26.7 Å². The second kappa shape index (κ2) is 10.8. The molecule has 192 valence electrons. The summed E-state index contributed by atoms with van der Waals surface area (Å²) < 4.78 is 0. The molecule has 1 amide bonds. The fourth-order valence-electron chi connectivity index (χ4n) is 5.96. The molecule has 3 aromatic rings. The molecule has 0 aromatic heterocycles. The summed E-state index contributed by atoms with van der Waals surface area (Å²) in [5.41, 5.74) is 5.53. The van der Waals surface area contributed by atoms with Crippen LogP contribution in [0.1, 0.15) is 39.4 Å². The molecule has 0 saturated carbocycles.